The number of furan rings is 1. The molecule has 330 valence electrons. The molecule has 2 aromatic carbocycles. The average Bonchev–Trinajstić information content (AvgIpc) is 4.10. The van der Waals surface area contributed by atoms with Gasteiger partial charge in [0.15, 0.2) is 5.82 Å². The van der Waals surface area contributed by atoms with E-state index in [4.69, 9.17) is 23.9 Å². The third kappa shape index (κ3) is 9.16. The number of nitrogens with zero attached hydrogens (tertiary/aromatic N) is 3. The number of para-hydroxylation sites is 1. The fourth-order valence-corrected chi connectivity index (χ4v) is 9.71. The van der Waals surface area contributed by atoms with Crippen LogP contribution in [0.3, 0.4) is 0 Å². The summed E-state index contributed by atoms with van der Waals surface area (Å²) in [6.07, 6.45) is 6.41. The van der Waals surface area contributed by atoms with Gasteiger partial charge in [-0.1, -0.05) is 82.2 Å². The van der Waals surface area contributed by atoms with Crippen LogP contribution in [0.5, 0.6) is 5.88 Å². The van der Waals surface area contributed by atoms with Crippen molar-refractivity contribution in [3.8, 4) is 17.3 Å². The van der Waals surface area contributed by atoms with Crippen LogP contribution >= 0.6 is 0 Å². The van der Waals surface area contributed by atoms with E-state index in [1.165, 1.54) is 4.90 Å². The second-order valence-electron chi connectivity index (χ2n) is 19.1. The first-order valence-corrected chi connectivity index (χ1v) is 23.2. The predicted molar refractivity (Wildman–Crippen MR) is 232 cm³/mol. The van der Waals surface area contributed by atoms with Crippen LogP contribution in [-0.2, 0) is 34.6 Å². The molecule has 2 aliphatic heterocycles. The summed E-state index contributed by atoms with van der Waals surface area (Å²) < 4.78 is 46.7. The van der Waals surface area contributed by atoms with Crippen LogP contribution in [0.1, 0.15) is 105 Å². The number of amides is 4. The van der Waals surface area contributed by atoms with E-state index in [0.717, 1.165) is 29.4 Å². The topological polar surface area (TPSA) is 199 Å². The van der Waals surface area contributed by atoms with E-state index in [1.54, 1.807) is 20.8 Å². The Hall–Kier alpha value is -5.51. The van der Waals surface area contributed by atoms with Gasteiger partial charge in [-0.05, 0) is 82.4 Å². The lowest BCUT2D eigenvalue weighted by Crippen LogP contribution is -2.58. The summed E-state index contributed by atoms with van der Waals surface area (Å²) in [6.45, 7) is 11.5. The van der Waals surface area contributed by atoms with Crippen LogP contribution in [0, 0.1) is 5.92 Å². The number of benzene rings is 2. The number of allylic oxidation sites excluding steroid dienone is 1. The van der Waals surface area contributed by atoms with Gasteiger partial charge in [-0.15, -0.1) is 0 Å². The molecule has 5 atom stereocenters. The highest BCUT2D eigenvalue weighted by molar-refractivity contribution is 7.91. The van der Waals surface area contributed by atoms with Gasteiger partial charge in [0.25, 0.3) is 11.8 Å². The largest absolute Gasteiger partial charge is 0.470 e. The average molecular weight is 869 g/mol. The zero-order valence-electron chi connectivity index (χ0n) is 36.2. The molecule has 2 aliphatic carbocycles. The van der Waals surface area contributed by atoms with Crippen molar-refractivity contribution in [2.45, 2.75) is 139 Å². The summed E-state index contributed by atoms with van der Waals surface area (Å²) in [7, 11) is -3.92. The summed E-state index contributed by atoms with van der Waals surface area (Å²) >= 11 is 0. The molecule has 8 rings (SSSR count). The van der Waals surface area contributed by atoms with Crippen LogP contribution in [0.25, 0.3) is 33.5 Å². The van der Waals surface area contributed by atoms with E-state index < -0.39 is 74.3 Å². The highest BCUT2D eigenvalue weighted by Crippen LogP contribution is 2.46. The van der Waals surface area contributed by atoms with E-state index in [1.807, 2.05) is 60.7 Å². The molecule has 0 bridgehead atoms. The monoisotopic (exact) mass is 868 g/mol. The summed E-state index contributed by atoms with van der Waals surface area (Å²) in [5.41, 5.74) is 0.857. The van der Waals surface area contributed by atoms with Crippen LogP contribution in [0.15, 0.2) is 65.1 Å². The van der Waals surface area contributed by atoms with Gasteiger partial charge in [0, 0.05) is 23.3 Å². The fraction of sp³-hybridized carbons (Fsp3) is 0.522. The van der Waals surface area contributed by atoms with Crippen LogP contribution in [-0.4, -0.2) is 88.2 Å². The molecule has 15 nitrogen and oxygen atoms in total. The minimum Gasteiger partial charge on any atom is -0.470 e. The van der Waals surface area contributed by atoms with Crippen molar-refractivity contribution in [2.24, 2.45) is 5.92 Å². The quantitative estimate of drug-likeness (QED) is 0.170. The van der Waals surface area contributed by atoms with Crippen LogP contribution in [0.4, 0.5) is 4.79 Å². The Morgan fingerprint density at radius 3 is 2.40 bits per heavy atom. The number of aromatic nitrogens is 2. The molecule has 16 heteroatoms. The van der Waals surface area contributed by atoms with Gasteiger partial charge in [-0.25, -0.2) is 18.2 Å². The molecular formula is C46H56N6O9S. The second-order valence-corrected chi connectivity index (χ2v) is 21.1. The number of sulfonamides is 1. The Labute approximate surface area is 361 Å². The van der Waals surface area contributed by atoms with Crippen molar-refractivity contribution in [2.75, 3.05) is 6.54 Å². The Bertz CT molecular complexity index is 2540. The molecule has 4 amide bonds. The number of hydrogen-bond donors (Lipinski definition) is 3. The lowest BCUT2D eigenvalue weighted by atomic mass is 9.87. The number of nitrogens with one attached hydrogen (secondary N) is 3. The fourth-order valence-electron chi connectivity index (χ4n) is 8.35. The predicted octanol–water partition coefficient (Wildman–Crippen LogP) is 6.59. The molecule has 1 saturated heterocycles. The Morgan fingerprint density at radius 2 is 1.69 bits per heavy atom. The van der Waals surface area contributed by atoms with Gasteiger partial charge in [0.2, 0.25) is 27.4 Å². The molecule has 2 aromatic heterocycles. The second kappa shape index (κ2) is 16.3. The lowest BCUT2D eigenvalue weighted by molar-refractivity contribution is -0.141. The summed E-state index contributed by atoms with van der Waals surface area (Å²) in [6, 6.07) is 13.3. The molecule has 4 aromatic rings. The Kier molecular flexibility index (Phi) is 11.4. The van der Waals surface area contributed by atoms with Gasteiger partial charge in [0.05, 0.1) is 11.8 Å². The summed E-state index contributed by atoms with van der Waals surface area (Å²) in [5, 5.41) is 5.78. The van der Waals surface area contributed by atoms with E-state index in [9.17, 15) is 27.6 Å². The molecular weight excluding hydrogens is 813 g/mol. The molecule has 4 aliphatic rings. The van der Waals surface area contributed by atoms with E-state index in [-0.39, 0.29) is 37.1 Å². The van der Waals surface area contributed by atoms with Gasteiger partial charge >= 0.3 is 6.09 Å². The summed E-state index contributed by atoms with van der Waals surface area (Å²) in [4.78, 5) is 67.6. The minimum absolute atomic E-state index is 0.0172. The zero-order valence-corrected chi connectivity index (χ0v) is 37.0. The molecule has 4 heterocycles. The Morgan fingerprint density at radius 1 is 0.952 bits per heavy atom. The van der Waals surface area contributed by atoms with Crippen molar-refractivity contribution in [1.29, 1.82) is 0 Å². The maximum atomic E-state index is 14.8. The maximum Gasteiger partial charge on any atom is 0.408 e. The SMILES string of the molecule is CC(C)(C)OC(=O)N[C@H]1CCCCC/C=C\[C@@H]2C[C@@]2(C(=O)NS(=O)(=O)C2CC2)NC(=O)[C@@H]2C[C@@H](Oc3nc(-c4ccc(C(C)(C)C)cc4)nc4c3oc3ccccc34)CN2C1=O. The lowest BCUT2D eigenvalue weighted by Gasteiger charge is -2.30. The van der Waals surface area contributed by atoms with Gasteiger partial charge in [-0.2, -0.15) is 4.98 Å². The van der Waals surface area contributed by atoms with Crippen molar-refractivity contribution in [1.82, 2.24) is 30.2 Å². The number of ether oxygens (including phenoxy) is 2. The molecule has 62 heavy (non-hydrogen) atoms. The smallest absolute Gasteiger partial charge is 0.408 e. The molecule has 2 saturated carbocycles. The van der Waals surface area contributed by atoms with Gasteiger partial charge in [0.1, 0.15) is 40.4 Å². The number of carbonyl (C=O) groups excluding carboxylic acids is 4. The summed E-state index contributed by atoms with van der Waals surface area (Å²) in [5.74, 6) is -1.91. The molecule has 0 spiro atoms. The molecule has 3 N–H and O–H groups in total. The number of hydrogen-bond acceptors (Lipinski definition) is 11. The first kappa shape index (κ1) is 43.2. The Balaban J connectivity index is 1.15. The van der Waals surface area contributed by atoms with Gasteiger partial charge < -0.3 is 29.4 Å². The third-order valence-corrected chi connectivity index (χ3v) is 13.8. The zero-order chi connectivity index (χ0) is 44.2. The number of fused-ring (bicyclic) bond motifs is 5. The first-order valence-electron chi connectivity index (χ1n) is 21.6. The first-order chi connectivity index (χ1) is 29.3. The van der Waals surface area contributed by atoms with E-state index in [0.29, 0.717) is 48.2 Å². The van der Waals surface area contributed by atoms with Crippen molar-refractivity contribution >= 4 is 55.9 Å². The van der Waals surface area contributed by atoms with Crippen LogP contribution in [0.2, 0.25) is 0 Å². The van der Waals surface area contributed by atoms with Crippen molar-refractivity contribution in [3.63, 3.8) is 0 Å². The van der Waals surface area contributed by atoms with Crippen LogP contribution < -0.4 is 20.1 Å². The van der Waals surface area contributed by atoms with E-state index >= 15 is 0 Å². The molecule has 3 fully saturated rings. The minimum atomic E-state index is -3.92. The number of alkyl carbamates (subject to hydrolysis) is 1. The third-order valence-electron chi connectivity index (χ3n) is 12.0. The van der Waals surface area contributed by atoms with Gasteiger partial charge in [-0.3, -0.25) is 19.1 Å². The van der Waals surface area contributed by atoms with E-state index in [2.05, 4.69) is 36.1 Å². The molecule has 0 unspecified atom stereocenters. The maximum absolute atomic E-state index is 14.8. The highest BCUT2D eigenvalue weighted by atomic mass is 32.2. The van der Waals surface area contributed by atoms with Crippen molar-refractivity contribution in [3.05, 3.63) is 66.2 Å². The number of carbonyl (C=O) groups is 4. The standard InChI is InChI=1S/C46H56N6O9S/c1-44(2,3)28-20-18-27(19-21-28)38-48-36-32-15-12-13-17-35(32)60-37(36)40(49-38)59-30-24-34-39(53)50-46(42(55)51-62(57,58)31-22-23-31)25-29(46)14-10-8-7-9-11-16-33(41(54)52(34)26-30)47-43(56)61-45(4,5)6/h10,12-15,17-21,29-31,33-34H,7-9,11,16,22-26H2,1-6H3,(H,47,56)(H,50,53)(H,51,55)/b14-10-/t29-,30-,33+,34+,46-/m1/s1. The molecule has 0 radical (unpaired) electrons. The van der Waals surface area contributed by atoms with Crippen molar-refractivity contribution < 1.29 is 41.5 Å². The normalized spacial score (nSPS) is 25.5. The highest BCUT2D eigenvalue weighted by Gasteiger charge is 2.62. The number of rotatable bonds is 7.